The smallest absolute Gasteiger partial charge is 0.320 e. The van der Waals surface area contributed by atoms with Gasteiger partial charge in [0, 0.05) is 6.04 Å². The van der Waals surface area contributed by atoms with Crippen LogP contribution in [-0.2, 0) is 15.6 Å². The van der Waals surface area contributed by atoms with Gasteiger partial charge in [-0.25, -0.2) is 17.9 Å². The lowest BCUT2D eigenvalue weighted by Gasteiger charge is -2.27. The summed E-state index contributed by atoms with van der Waals surface area (Å²) in [6.45, 7) is 3.62. The minimum absolute atomic E-state index is 0.0243. The van der Waals surface area contributed by atoms with Gasteiger partial charge < -0.3 is 15.4 Å². The summed E-state index contributed by atoms with van der Waals surface area (Å²) in [6, 6.07) is 8.86. The number of anilines is 1. The molecule has 10 heteroatoms. The highest BCUT2D eigenvalue weighted by Gasteiger charge is 2.29. The Bertz CT molecular complexity index is 1070. The molecule has 1 saturated carbocycles. The molecule has 0 saturated heterocycles. The number of halogens is 2. The molecule has 0 aliphatic heterocycles. The molecular formula is C20H23Cl2N3O4S. The van der Waals surface area contributed by atoms with Crippen molar-refractivity contribution in [1.82, 2.24) is 10.0 Å². The second-order valence-electron chi connectivity index (χ2n) is 7.59. The summed E-state index contributed by atoms with van der Waals surface area (Å²) >= 11 is 12.1. The second-order valence-corrected chi connectivity index (χ2v) is 10.1. The molecule has 0 aromatic heterocycles. The first kappa shape index (κ1) is 22.7. The quantitative estimate of drug-likeness (QED) is 0.553. The largest absolute Gasteiger partial charge is 0.495 e. The van der Waals surface area contributed by atoms with Crippen LogP contribution in [0.3, 0.4) is 0 Å². The highest BCUT2D eigenvalue weighted by atomic mass is 35.5. The zero-order chi connectivity index (χ0) is 22.1. The number of ether oxygens (including phenoxy) is 1. The molecule has 3 N–H and O–H groups in total. The van der Waals surface area contributed by atoms with Crippen molar-refractivity contribution in [3.8, 4) is 5.75 Å². The third-order valence-corrected chi connectivity index (χ3v) is 6.95. The fourth-order valence-corrected chi connectivity index (χ4v) is 4.46. The summed E-state index contributed by atoms with van der Waals surface area (Å²) < 4.78 is 32.9. The van der Waals surface area contributed by atoms with Gasteiger partial charge in [0.2, 0.25) is 10.0 Å². The predicted octanol–water partition coefficient (Wildman–Crippen LogP) is 4.50. The van der Waals surface area contributed by atoms with Crippen molar-refractivity contribution >= 4 is 44.9 Å². The molecule has 0 spiro atoms. The van der Waals surface area contributed by atoms with Crippen LogP contribution in [0, 0.1) is 0 Å². The first-order valence-electron chi connectivity index (χ1n) is 9.27. The highest BCUT2D eigenvalue weighted by molar-refractivity contribution is 7.89. The predicted molar refractivity (Wildman–Crippen MR) is 118 cm³/mol. The number of hydrogen-bond donors (Lipinski definition) is 3. The maximum atomic E-state index is 12.7. The van der Waals surface area contributed by atoms with Crippen LogP contribution < -0.4 is 20.1 Å². The summed E-state index contributed by atoms with van der Waals surface area (Å²) in [7, 11) is -2.23. The maximum absolute atomic E-state index is 12.7. The molecule has 30 heavy (non-hydrogen) atoms. The van der Waals surface area contributed by atoms with E-state index in [9.17, 15) is 13.2 Å². The van der Waals surface area contributed by atoms with E-state index in [0.29, 0.717) is 15.8 Å². The van der Waals surface area contributed by atoms with Crippen LogP contribution in [0.15, 0.2) is 41.3 Å². The van der Waals surface area contributed by atoms with Gasteiger partial charge in [-0.1, -0.05) is 29.3 Å². The first-order valence-corrected chi connectivity index (χ1v) is 11.5. The fourth-order valence-electron chi connectivity index (χ4n) is 2.84. The van der Waals surface area contributed by atoms with E-state index in [2.05, 4.69) is 15.4 Å². The van der Waals surface area contributed by atoms with Gasteiger partial charge in [-0.3, -0.25) is 0 Å². The number of benzene rings is 2. The van der Waals surface area contributed by atoms with Crippen LogP contribution in [0.1, 0.15) is 32.3 Å². The highest BCUT2D eigenvalue weighted by Crippen LogP contribution is 2.31. The van der Waals surface area contributed by atoms with Crippen LogP contribution in [0.25, 0.3) is 0 Å². The summed E-state index contributed by atoms with van der Waals surface area (Å²) in [4.78, 5) is 12.7. The number of hydrogen-bond acceptors (Lipinski definition) is 4. The third-order valence-electron chi connectivity index (χ3n) is 4.70. The molecule has 0 heterocycles. The number of sulfonamides is 1. The topological polar surface area (TPSA) is 96.5 Å². The van der Waals surface area contributed by atoms with Gasteiger partial charge in [0.05, 0.1) is 33.3 Å². The molecule has 0 atom stereocenters. The van der Waals surface area contributed by atoms with Crippen molar-refractivity contribution in [1.29, 1.82) is 0 Å². The number of carbonyl (C=O) groups is 1. The van der Waals surface area contributed by atoms with E-state index in [1.807, 2.05) is 13.8 Å². The Morgan fingerprint density at radius 3 is 2.40 bits per heavy atom. The molecule has 7 nitrogen and oxygen atoms in total. The van der Waals surface area contributed by atoms with Crippen LogP contribution in [0.5, 0.6) is 5.75 Å². The SMILES string of the molecule is COc1ccc(S(=O)(=O)NC2CC2)cc1NC(=O)NC(C)(C)c1ccc(Cl)c(Cl)c1. The lowest BCUT2D eigenvalue weighted by Crippen LogP contribution is -2.43. The number of methoxy groups -OCH3 is 1. The number of carbonyl (C=O) groups excluding carboxylic acids is 1. The Kier molecular flexibility index (Phi) is 6.52. The van der Waals surface area contributed by atoms with Gasteiger partial charge in [0.1, 0.15) is 5.75 Å². The number of nitrogens with one attached hydrogen (secondary N) is 3. The molecule has 2 aromatic rings. The van der Waals surface area contributed by atoms with Gasteiger partial charge in [0.15, 0.2) is 0 Å². The standard InChI is InChI=1S/C20H23Cl2N3O4S/c1-20(2,12-4-8-15(21)16(22)10-12)24-19(26)23-17-11-14(7-9-18(17)29-3)30(27,28)25-13-5-6-13/h4,7-11,13,25H,5-6H2,1-3H3,(H2,23,24,26). The summed E-state index contributed by atoms with van der Waals surface area (Å²) in [5.74, 6) is 0.336. The summed E-state index contributed by atoms with van der Waals surface area (Å²) in [6.07, 6.45) is 1.65. The minimum Gasteiger partial charge on any atom is -0.495 e. The van der Waals surface area contributed by atoms with Gasteiger partial charge >= 0.3 is 6.03 Å². The van der Waals surface area contributed by atoms with E-state index < -0.39 is 21.6 Å². The van der Waals surface area contributed by atoms with Crippen molar-refractivity contribution in [2.45, 2.75) is 43.2 Å². The number of amides is 2. The lowest BCUT2D eigenvalue weighted by molar-refractivity contribution is 0.241. The normalized spacial score (nSPS) is 14.3. The van der Waals surface area contributed by atoms with Gasteiger partial charge in [0.25, 0.3) is 0 Å². The molecule has 1 aliphatic rings. The van der Waals surface area contributed by atoms with Crippen LogP contribution in [0.4, 0.5) is 10.5 Å². The average molecular weight is 472 g/mol. The third kappa shape index (κ3) is 5.37. The van der Waals surface area contributed by atoms with Crippen LogP contribution >= 0.6 is 23.2 Å². The Morgan fingerprint density at radius 1 is 1.10 bits per heavy atom. The van der Waals surface area contributed by atoms with Crippen molar-refractivity contribution in [3.63, 3.8) is 0 Å². The van der Waals surface area contributed by atoms with Crippen molar-refractivity contribution in [2.24, 2.45) is 0 Å². The van der Waals surface area contributed by atoms with Crippen molar-refractivity contribution in [3.05, 3.63) is 52.0 Å². The van der Waals surface area contributed by atoms with Crippen molar-refractivity contribution in [2.75, 3.05) is 12.4 Å². The molecule has 2 amide bonds. The van der Waals surface area contributed by atoms with Gasteiger partial charge in [-0.05, 0) is 62.6 Å². The van der Waals surface area contributed by atoms with E-state index in [-0.39, 0.29) is 16.6 Å². The number of urea groups is 1. The molecule has 0 radical (unpaired) electrons. The molecule has 0 unspecified atom stereocenters. The van der Waals surface area contributed by atoms with Crippen LogP contribution in [0.2, 0.25) is 10.0 Å². The van der Waals surface area contributed by atoms with Gasteiger partial charge in [-0.15, -0.1) is 0 Å². The molecule has 1 aliphatic carbocycles. The summed E-state index contributed by atoms with van der Waals surface area (Å²) in [5.41, 5.74) is 0.213. The minimum atomic E-state index is -3.67. The molecule has 162 valence electrons. The molecule has 1 fully saturated rings. The first-order chi connectivity index (χ1) is 14.0. The fraction of sp³-hybridized carbons (Fsp3) is 0.350. The molecular weight excluding hydrogens is 449 g/mol. The number of rotatable bonds is 7. The Labute approximate surface area is 186 Å². The Balaban J connectivity index is 1.79. The molecule has 0 bridgehead atoms. The van der Waals surface area contributed by atoms with Crippen molar-refractivity contribution < 1.29 is 17.9 Å². The molecule has 3 rings (SSSR count). The average Bonchev–Trinajstić information content (AvgIpc) is 3.46. The lowest BCUT2D eigenvalue weighted by atomic mass is 9.94. The summed E-state index contributed by atoms with van der Waals surface area (Å²) in [5, 5.41) is 6.32. The zero-order valence-electron chi connectivity index (χ0n) is 16.8. The molecule has 2 aromatic carbocycles. The van der Waals surface area contributed by atoms with E-state index in [4.69, 9.17) is 27.9 Å². The second kappa shape index (κ2) is 8.63. The monoisotopic (exact) mass is 471 g/mol. The van der Waals surface area contributed by atoms with Gasteiger partial charge in [-0.2, -0.15) is 0 Å². The maximum Gasteiger partial charge on any atom is 0.320 e. The van der Waals surface area contributed by atoms with E-state index >= 15 is 0 Å². The Morgan fingerprint density at radius 2 is 1.80 bits per heavy atom. The zero-order valence-corrected chi connectivity index (χ0v) is 19.1. The Hall–Kier alpha value is -2.00. The van der Waals surface area contributed by atoms with Crippen LogP contribution in [-0.4, -0.2) is 27.6 Å². The van der Waals surface area contributed by atoms with E-state index in [1.165, 1.54) is 25.3 Å². The van der Waals surface area contributed by atoms with E-state index in [0.717, 1.165) is 18.4 Å². The van der Waals surface area contributed by atoms with E-state index in [1.54, 1.807) is 18.2 Å².